The Morgan fingerprint density at radius 1 is 1.17 bits per heavy atom. The minimum absolute atomic E-state index is 0.139. The first-order valence-electron chi connectivity index (χ1n) is 7.81. The zero-order valence-corrected chi connectivity index (χ0v) is 13.0. The van der Waals surface area contributed by atoms with Crippen LogP contribution in [-0.2, 0) is 19.9 Å². The Hall–Kier alpha value is -2.82. The van der Waals surface area contributed by atoms with E-state index >= 15 is 0 Å². The summed E-state index contributed by atoms with van der Waals surface area (Å²) in [6, 6.07) is 10.0. The molecule has 0 atom stereocenters. The van der Waals surface area contributed by atoms with Gasteiger partial charge in [-0.2, -0.15) is 5.10 Å². The molecule has 23 heavy (non-hydrogen) atoms. The van der Waals surface area contributed by atoms with E-state index in [1.165, 1.54) is 17.5 Å². The van der Waals surface area contributed by atoms with Crippen LogP contribution in [0.3, 0.4) is 0 Å². The van der Waals surface area contributed by atoms with E-state index in [9.17, 15) is 4.79 Å². The largest absolute Gasteiger partial charge is 0.322 e. The van der Waals surface area contributed by atoms with Crippen molar-refractivity contribution in [3.8, 4) is 5.82 Å². The number of hydrogen-bond donors (Lipinski definition) is 1. The molecule has 2 aromatic heterocycles. The Kier molecular flexibility index (Phi) is 3.26. The summed E-state index contributed by atoms with van der Waals surface area (Å²) < 4.78 is 3.60. The zero-order valence-electron chi connectivity index (χ0n) is 13.0. The van der Waals surface area contributed by atoms with Crippen molar-refractivity contribution in [2.75, 3.05) is 5.32 Å². The van der Waals surface area contributed by atoms with Gasteiger partial charge in [0.25, 0.3) is 5.91 Å². The van der Waals surface area contributed by atoms with Gasteiger partial charge in [-0.05, 0) is 54.7 Å². The first kappa shape index (κ1) is 13.8. The third-order valence-electron chi connectivity index (χ3n) is 4.36. The van der Waals surface area contributed by atoms with Gasteiger partial charge in [-0.15, -0.1) is 0 Å². The van der Waals surface area contributed by atoms with Gasteiger partial charge in [0.15, 0.2) is 0 Å². The number of nitrogens with one attached hydrogen (secondary N) is 1. The zero-order chi connectivity index (χ0) is 15.8. The Labute approximate surface area is 134 Å². The molecule has 1 aromatic carbocycles. The van der Waals surface area contributed by atoms with Crippen molar-refractivity contribution in [3.05, 3.63) is 65.6 Å². The van der Waals surface area contributed by atoms with Crippen molar-refractivity contribution in [2.45, 2.75) is 19.3 Å². The lowest BCUT2D eigenvalue weighted by Crippen LogP contribution is -2.15. The highest BCUT2D eigenvalue weighted by molar-refractivity contribution is 6.06. The average molecular weight is 306 g/mol. The summed E-state index contributed by atoms with van der Waals surface area (Å²) in [4.78, 5) is 12.7. The van der Waals surface area contributed by atoms with E-state index in [0.29, 0.717) is 5.56 Å². The van der Waals surface area contributed by atoms with Crippen molar-refractivity contribution < 1.29 is 4.79 Å². The fraction of sp³-hybridized carbons (Fsp3) is 0.222. The number of carbonyl (C=O) groups excluding carboxylic acids is 1. The van der Waals surface area contributed by atoms with Crippen LogP contribution in [0.2, 0.25) is 0 Å². The smallest absolute Gasteiger partial charge is 0.261 e. The van der Waals surface area contributed by atoms with Gasteiger partial charge in [-0.25, -0.2) is 0 Å². The second kappa shape index (κ2) is 5.43. The van der Waals surface area contributed by atoms with Crippen molar-refractivity contribution in [1.29, 1.82) is 0 Å². The molecule has 1 amide bonds. The number of aromatic nitrogens is 3. The number of amides is 1. The normalized spacial score (nSPS) is 13.1. The molecule has 5 heteroatoms. The van der Waals surface area contributed by atoms with E-state index in [1.54, 1.807) is 10.9 Å². The molecule has 1 aliphatic rings. The standard InChI is InChI=1S/C18H18N4O/c1-21-18(22-9-2-3-10-22)16(12-19-21)17(23)20-15-8-7-13-5-4-6-14(13)11-15/h2-3,7-12H,4-6H2,1H3,(H,20,23). The third kappa shape index (κ3) is 2.44. The molecular formula is C18H18N4O. The van der Waals surface area contributed by atoms with Crippen LogP contribution in [0, 0.1) is 0 Å². The van der Waals surface area contributed by atoms with Crippen LogP contribution in [0.4, 0.5) is 5.69 Å². The van der Waals surface area contributed by atoms with Crippen molar-refractivity contribution in [2.24, 2.45) is 7.05 Å². The summed E-state index contributed by atoms with van der Waals surface area (Å²) in [5, 5.41) is 7.23. The lowest BCUT2D eigenvalue weighted by molar-refractivity contribution is 0.102. The van der Waals surface area contributed by atoms with Crippen molar-refractivity contribution >= 4 is 11.6 Å². The number of anilines is 1. The fourth-order valence-corrected chi connectivity index (χ4v) is 3.22. The Balaban J connectivity index is 1.63. The van der Waals surface area contributed by atoms with E-state index < -0.39 is 0 Å². The van der Waals surface area contributed by atoms with Gasteiger partial charge in [0.2, 0.25) is 0 Å². The number of carbonyl (C=O) groups is 1. The van der Waals surface area contributed by atoms with E-state index in [-0.39, 0.29) is 5.91 Å². The van der Waals surface area contributed by atoms with Crippen LogP contribution < -0.4 is 5.32 Å². The quantitative estimate of drug-likeness (QED) is 0.809. The molecule has 0 aliphatic heterocycles. The SMILES string of the molecule is Cn1ncc(C(=O)Nc2ccc3c(c2)CCC3)c1-n1cccc1. The van der Waals surface area contributed by atoms with Gasteiger partial charge in [0.1, 0.15) is 11.4 Å². The average Bonchev–Trinajstić information content (AvgIpc) is 3.26. The molecule has 0 unspecified atom stereocenters. The topological polar surface area (TPSA) is 51.9 Å². The molecule has 2 heterocycles. The molecule has 0 spiro atoms. The highest BCUT2D eigenvalue weighted by atomic mass is 16.1. The van der Waals surface area contributed by atoms with Crippen LogP contribution in [0.15, 0.2) is 48.9 Å². The fourth-order valence-electron chi connectivity index (χ4n) is 3.22. The molecule has 1 N–H and O–H groups in total. The molecule has 0 radical (unpaired) electrons. The number of benzene rings is 1. The first-order chi connectivity index (χ1) is 11.2. The van der Waals surface area contributed by atoms with Crippen LogP contribution in [0.1, 0.15) is 27.9 Å². The summed E-state index contributed by atoms with van der Waals surface area (Å²) in [6.07, 6.45) is 8.86. The molecular weight excluding hydrogens is 288 g/mol. The highest BCUT2D eigenvalue weighted by Crippen LogP contribution is 2.25. The predicted molar refractivity (Wildman–Crippen MR) is 89.0 cm³/mol. The number of hydrogen-bond acceptors (Lipinski definition) is 2. The summed E-state index contributed by atoms with van der Waals surface area (Å²) in [5.41, 5.74) is 4.15. The monoisotopic (exact) mass is 306 g/mol. The lowest BCUT2D eigenvalue weighted by atomic mass is 10.1. The maximum atomic E-state index is 12.7. The molecule has 0 fully saturated rings. The summed E-state index contributed by atoms with van der Waals surface area (Å²) in [5.74, 6) is 0.619. The van der Waals surface area contributed by atoms with Crippen LogP contribution in [0.25, 0.3) is 5.82 Å². The minimum Gasteiger partial charge on any atom is -0.322 e. The molecule has 0 saturated carbocycles. The summed E-state index contributed by atoms with van der Waals surface area (Å²) in [6.45, 7) is 0. The molecule has 3 aromatic rings. The summed E-state index contributed by atoms with van der Waals surface area (Å²) >= 11 is 0. The second-order valence-corrected chi connectivity index (χ2v) is 5.89. The third-order valence-corrected chi connectivity index (χ3v) is 4.36. The van der Waals surface area contributed by atoms with Gasteiger partial charge in [0, 0.05) is 25.1 Å². The van der Waals surface area contributed by atoms with Gasteiger partial charge in [-0.1, -0.05) is 6.07 Å². The van der Waals surface area contributed by atoms with Gasteiger partial charge in [-0.3, -0.25) is 9.48 Å². The Morgan fingerprint density at radius 2 is 1.96 bits per heavy atom. The number of rotatable bonds is 3. The lowest BCUT2D eigenvalue weighted by Gasteiger charge is -2.09. The minimum atomic E-state index is -0.139. The first-order valence-corrected chi connectivity index (χ1v) is 7.81. The maximum absolute atomic E-state index is 12.7. The maximum Gasteiger partial charge on any atom is 0.261 e. The van der Waals surface area contributed by atoms with E-state index in [4.69, 9.17) is 0 Å². The van der Waals surface area contributed by atoms with Gasteiger partial charge >= 0.3 is 0 Å². The van der Waals surface area contributed by atoms with Crippen molar-refractivity contribution in [3.63, 3.8) is 0 Å². The summed E-state index contributed by atoms with van der Waals surface area (Å²) in [7, 11) is 1.83. The molecule has 5 nitrogen and oxygen atoms in total. The Morgan fingerprint density at radius 3 is 2.78 bits per heavy atom. The Bertz CT molecular complexity index is 861. The number of fused-ring (bicyclic) bond motifs is 1. The van der Waals surface area contributed by atoms with Crippen LogP contribution in [0.5, 0.6) is 0 Å². The second-order valence-electron chi connectivity index (χ2n) is 5.89. The van der Waals surface area contributed by atoms with E-state index in [2.05, 4.69) is 22.5 Å². The molecule has 0 bridgehead atoms. The van der Waals surface area contributed by atoms with E-state index in [1.807, 2.05) is 42.2 Å². The van der Waals surface area contributed by atoms with Gasteiger partial charge < -0.3 is 9.88 Å². The molecule has 116 valence electrons. The van der Waals surface area contributed by atoms with Crippen molar-refractivity contribution in [1.82, 2.24) is 14.3 Å². The van der Waals surface area contributed by atoms with E-state index in [0.717, 1.165) is 24.3 Å². The molecule has 4 rings (SSSR count). The molecule has 1 aliphatic carbocycles. The van der Waals surface area contributed by atoms with Crippen LogP contribution in [-0.4, -0.2) is 20.3 Å². The predicted octanol–water partition coefficient (Wildman–Crippen LogP) is 2.95. The van der Waals surface area contributed by atoms with Crippen LogP contribution >= 0.6 is 0 Å². The van der Waals surface area contributed by atoms with Gasteiger partial charge in [0.05, 0.1) is 6.20 Å². The number of aryl methyl sites for hydroxylation is 3. The number of nitrogens with zero attached hydrogens (tertiary/aromatic N) is 3. The molecule has 0 saturated heterocycles. The highest BCUT2D eigenvalue weighted by Gasteiger charge is 2.18.